The Hall–Kier alpha value is -1.71. The van der Waals surface area contributed by atoms with E-state index in [2.05, 4.69) is 51.4 Å². The summed E-state index contributed by atoms with van der Waals surface area (Å²) in [5, 5.41) is 27.7. The van der Waals surface area contributed by atoms with Crippen LogP contribution in [-0.4, -0.2) is 74.1 Å². The number of ether oxygens (including phenoxy) is 3. The molecule has 0 aliphatic carbocycles. The Bertz CT molecular complexity index is 1010. The minimum absolute atomic E-state index is 0.0655. The maximum atomic E-state index is 9.79. The first-order valence-electron chi connectivity index (χ1n) is 15.6. The Morgan fingerprint density at radius 2 is 1.09 bits per heavy atom. The van der Waals surface area contributed by atoms with Crippen molar-refractivity contribution in [2.24, 2.45) is 0 Å². The van der Waals surface area contributed by atoms with Crippen LogP contribution >= 0.6 is 0 Å². The van der Waals surface area contributed by atoms with Gasteiger partial charge in [0, 0.05) is 31.6 Å². The number of hydrogen-bond donors (Lipinski definition) is 3. The third-order valence-electron chi connectivity index (χ3n) is 7.18. The van der Waals surface area contributed by atoms with Crippen LogP contribution in [0.1, 0.15) is 42.4 Å². The molecule has 2 rings (SSSR count). The van der Waals surface area contributed by atoms with Gasteiger partial charge in [0.15, 0.2) is 28.1 Å². The highest BCUT2D eigenvalue weighted by atomic mass is 28.5. The van der Waals surface area contributed by atoms with Crippen molar-refractivity contribution < 1.29 is 37.8 Å². The largest absolute Gasteiger partial charge is 0.493 e. The van der Waals surface area contributed by atoms with Gasteiger partial charge in [0.1, 0.15) is 5.75 Å². The van der Waals surface area contributed by atoms with Crippen molar-refractivity contribution in [3.8, 4) is 17.2 Å². The molecule has 0 saturated heterocycles. The summed E-state index contributed by atoms with van der Waals surface area (Å²) < 4.78 is 30.6. The lowest BCUT2D eigenvalue weighted by Gasteiger charge is -2.39. The normalized spacial score (nSPS) is 12.4. The van der Waals surface area contributed by atoms with Crippen LogP contribution in [0.3, 0.4) is 0 Å². The molecule has 0 heterocycles. The van der Waals surface area contributed by atoms with Gasteiger partial charge in [0.2, 0.25) is 0 Å². The van der Waals surface area contributed by atoms with Gasteiger partial charge in [-0.25, -0.2) is 0 Å². The van der Waals surface area contributed by atoms with Crippen molar-refractivity contribution in [2.75, 3.05) is 33.5 Å². The van der Waals surface area contributed by atoms with Crippen molar-refractivity contribution in [2.45, 2.75) is 96.5 Å². The second-order valence-electron chi connectivity index (χ2n) is 12.8. The topological polar surface area (TPSA) is 107 Å². The maximum absolute atomic E-state index is 9.79. The van der Waals surface area contributed by atoms with Gasteiger partial charge in [-0.2, -0.15) is 0 Å². The van der Waals surface area contributed by atoms with Crippen LogP contribution in [0.25, 0.3) is 0 Å². The second-order valence-corrected chi connectivity index (χ2v) is 25.2. The van der Waals surface area contributed by atoms with Gasteiger partial charge in [0.05, 0.1) is 26.9 Å². The van der Waals surface area contributed by atoms with E-state index in [1.807, 2.05) is 24.3 Å². The third-order valence-corrected chi connectivity index (χ3v) is 18.6. The molecule has 244 valence electrons. The number of rotatable bonds is 22. The molecule has 0 radical (unpaired) electrons. The summed E-state index contributed by atoms with van der Waals surface area (Å²) in [6, 6.07) is 14.2. The first kappa shape index (κ1) is 37.5. The van der Waals surface area contributed by atoms with E-state index in [0.717, 1.165) is 49.1 Å². The van der Waals surface area contributed by atoms with Gasteiger partial charge < -0.3 is 37.8 Å². The number of aryl methyl sites for hydroxylation is 2. The Morgan fingerprint density at radius 3 is 1.58 bits per heavy atom. The molecule has 0 spiro atoms. The zero-order chi connectivity index (χ0) is 31.9. The minimum atomic E-state index is -2.31. The van der Waals surface area contributed by atoms with Crippen LogP contribution < -0.4 is 14.2 Å². The van der Waals surface area contributed by atoms with Crippen molar-refractivity contribution >= 4 is 25.2 Å². The molecule has 0 unspecified atom stereocenters. The van der Waals surface area contributed by atoms with E-state index in [0.29, 0.717) is 37.6 Å². The highest BCUT2D eigenvalue weighted by Crippen LogP contribution is 2.31. The fourth-order valence-corrected chi connectivity index (χ4v) is 19.5. The Morgan fingerprint density at radius 1 is 0.605 bits per heavy atom. The van der Waals surface area contributed by atoms with Crippen LogP contribution in [0.5, 0.6) is 17.2 Å². The summed E-state index contributed by atoms with van der Waals surface area (Å²) in [7, 11) is -4.52. The van der Waals surface area contributed by atoms with Crippen molar-refractivity contribution in [1.29, 1.82) is 0 Å². The Kier molecular flexibility index (Phi) is 16.0. The van der Waals surface area contributed by atoms with Gasteiger partial charge >= 0.3 is 8.56 Å². The van der Waals surface area contributed by atoms with Crippen LogP contribution in [0, 0.1) is 0 Å². The minimum Gasteiger partial charge on any atom is -0.493 e. The van der Waals surface area contributed by atoms with Gasteiger partial charge in [-0.05, 0) is 112 Å². The van der Waals surface area contributed by atoms with E-state index in [-0.39, 0.29) is 19.8 Å². The molecule has 0 aliphatic rings. The highest BCUT2D eigenvalue weighted by molar-refractivity contribution is 6.87. The summed E-state index contributed by atoms with van der Waals surface area (Å²) in [5.74, 6) is 2.13. The molecule has 0 aliphatic heterocycles. The molecule has 0 saturated carbocycles. The van der Waals surface area contributed by atoms with Crippen LogP contribution in [0.4, 0.5) is 0 Å². The SMILES string of the molecule is COc1cc(CCC[Si](C)(C)O[Si](C)(C)O[Si](C)(C)CCCc2ccc(OCCCO)c(CO)c2)ccc1OCCCO. The molecule has 2 aromatic rings. The van der Waals surface area contributed by atoms with Gasteiger partial charge in [0.25, 0.3) is 0 Å². The molecule has 43 heavy (non-hydrogen) atoms. The second kappa shape index (κ2) is 18.3. The lowest BCUT2D eigenvalue weighted by atomic mass is 10.1. The molecule has 11 heteroatoms. The molecule has 0 aromatic heterocycles. The molecular weight excluding hydrogens is 597 g/mol. The van der Waals surface area contributed by atoms with Crippen LogP contribution in [0.15, 0.2) is 36.4 Å². The summed E-state index contributed by atoms with van der Waals surface area (Å²) in [4.78, 5) is 0. The summed E-state index contributed by atoms with van der Waals surface area (Å²) in [6.07, 6.45) is 5.10. The van der Waals surface area contributed by atoms with Crippen molar-refractivity contribution in [1.82, 2.24) is 0 Å². The van der Waals surface area contributed by atoms with Gasteiger partial charge in [-0.1, -0.05) is 12.1 Å². The predicted molar refractivity (Wildman–Crippen MR) is 181 cm³/mol. The Labute approximate surface area is 262 Å². The predicted octanol–water partition coefficient (Wildman–Crippen LogP) is 6.42. The standard InChI is InChI=1S/C32H56O8Si3/c1-36-32-25-28(15-17-31(32)38-21-11-19-34)13-9-23-42(4,5)40-43(6,7)39-41(2,3)22-8-12-27-14-16-30(29(24-27)26-35)37-20-10-18-33/h14-17,24-25,33-35H,8-13,18-23,26H2,1-7H3. The number of hydrogen-bond acceptors (Lipinski definition) is 8. The molecule has 0 fully saturated rings. The average molecular weight is 653 g/mol. The fraction of sp³-hybridized carbons (Fsp3) is 0.625. The number of aliphatic hydroxyl groups is 3. The molecule has 0 bridgehead atoms. The molecular formula is C32H56O8Si3. The average Bonchev–Trinajstić information content (AvgIpc) is 2.92. The van der Waals surface area contributed by atoms with E-state index in [1.54, 1.807) is 7.11 Å². The van der Waals surface area contributed by atoms with E-state index in [9.17, 15) is 5.11 Å². The lowest BCUT2D eigenvalue weighted by Crippen LogP contribution is -2.52. The fourth-order valence-electron chi connectivity index (χ4n) is 5.42. The number of methoxy groups -OCH3 is 1. The van der Waals surface area contributed by atoms with E-state index in [4.69, 9.17) is 32.7 Å². The van der Waals surface area contributed by atoms with E-state index >= 15 is 0 Å². The molecule has 2 aromatic carbocycles. The lowest BCUT2D eigenvalue weighted by molar-refractivity contribution is 0.226. The zero-order valence-corrected chi connectivity index (χ0v) is 30.5. The monoisotopic (exact) mass is 652 g/mol. The van der Waals surface area contributed by atoms with Crippen LogP contribution in [0.2, 0.25) is 51.4 Å². The quantitative estimate of drug-likeness (QED) is 0.0989. The molecule has 8 nitrogen and oxygen atoms in total. The smallest absolute Gasteiger partial charge is 0.311 e. The zero-order valence-electron chi connectivity index (χ0n) is 27.5. The van der Waals surface area contributed by atoms with Crippen molar-refractivity contribution in [3.05, 3.63) is 53.1 Å². The van der Waals surface area contributed by atoms with Gasteiger partial charge in [-0.15, -0.1) is 0 Å². The summed E-state index contributed by atoms with van der Waals surface area (Å²) in [6.45, 7) is 14.6. The first-order chi connectivity index (χ1) is 20.3. The first-order valence-corrected chi connectivity index (χ1v) is 24.7. The summed E-state index contributed by atoms with van der Waals surface area (Å²) >= 11 is 0. The van der Waals surface area contributed by atoms with Gasteiger partial charge in [-0.3, -0.25) is 0 Å². The number of benzene rings is 2. The van der Waals surface area contributed by atoms with E-state index < -0.39 is 25.2 Å². The molecule has 3 N–H and O–H groups in total. The maximum Gasteiger partial charge on any atom is 0.311 e. The van der Waals surface area contributed by atoms with E-state index in [1.165, 1.54) is 11.1 Å². The molecule has 0 amide bonds. The third kappa shape index (κ3) is 14.3. The van der Waals surface area contributed by atoms with Crippen LogP contribution in [-0.2, 0) is 27.7 Å². The van der Waals surface area contributed by atoms with Crippen molar-refractivity contribution in [3.63, 3.8) is 0 Å². The molecule has 0 atom stereocenters. The summed E-state index contributed by atoms with van der Waals surface area (Å²) in [5.41, 5.74) is 3.19. The highest BCUT2D eigenvalue weighted by Gasteiger charge is 2.39. The number of aliphatic hydroxyl groups excluding tert-OH is 3. The Balaban J connectivity index is 1.84.